The van der Waals surface area contributed by atoms with Crippen molar-refractivity contribution in [2.45, 2.75) is 31.3 Å². The first-order valence-electron chi connectivity index (χ1n) is 5.95. The fraction of sp³-hybridized carbons (Fsp3) is 0.667. The van der Waals surface area contributed by atoms with E-state index in [1.54, 1.807) is 11.3 Å². The van der Waals surface area contributed by atoms with Crippen LogP contribution < -0.4 is 11.1 Å². The van der Waals surface area contributed by atoms with E-state index in [0.717, 1.165) is 12.8 Å². The molecule has 1 aromatic rings. The summed E-state index contributed by atoms with van der Waals surface area (Å²) < 4.78 is 0. The molecule has 0 amide bonds. The van der Waals surface area contributed by atoms with Crippen molar-refractivity contribution >= 4 is 11.3 Å². The van der Waals surface area contributed by atoms with Gasteiger partial charge in [-0.25, -0.2) is 0 Å². The zero-order valence-electron chi connectivity index (χ0n) is 9.43. The molecular weight excluding hydrogens is 220 g/mol. The third-order valence-electron chi connectivity index (χ3n) is 3.43. The average Bonchev–Trinajstić information content (AvgIpc) is 2.96. The maximum absolute atomic E-state index is 9.28. The fourth-order valence-corrected chi connectivity index (χ4v) is 3.29. The molecule has 3 atom stereocenters. The number of hydrogen-bond acceptors (Lipinski definition) is 4. The second-order valence-electron chi connectivity index (χ2n) is 4.45. The van der Waals surface area contributed by atoms with Gasteiger partial charge in [-0.05, 0) is 30.2 Å². The molecule has 2 rings (SSSR count). The van der Waals surface area contributed by atoms with Crippen LogP contribution in [0.2, 0.25) is 0 Å². The Labute approximate surface area is 101 Å². The van der Waals surface area contributed by atoms with Gasteiger partial charge in [-0.15, -0.1) is 11.3 Å². The van der Waals surface area contributed by atoms with E-state index in [4.69, 9.17) is 5.73 Å². The minimum absolute atomic E-state index is 0.247. The van der Waals surface area contributed by atoms with Crippen molar-refractivity contribution < 1.29 is 5.11 Å². The predicted octanol–water partition coefficient (Wildman–Crippen LogP) is 1.50. The molecule has 3 unspecified atom stereocenters. The number of nitrogens with one attached hydrogen (secondary N) is 1. The van der Waals surface area contributed by atoms with E-state index in [9.17, 15) is 5.11 Å². The molecule has 0 spiro atoms. The molecule has 1 saturated carbocycles. The van der Waals surface area contributed by atoms with Crippen LogP contribution in [0.4, 0.5) is 0 Å². The van der Waals surface area contributed by atoms with Gasteiger partial charge in [0.1, 0.15) is 0 Å². The number of thiophene rings is 1. The summed E-state index contributed by atoms with van der Waals surface area (Å²) >= 11 is 1.74. The summed E-state index contributed by atoms with van der Waals surface area (Å²) in [7, 11) is 0. The topological polar surface area (TPSA) is 58.3 Å². The van der Waals surface area contributed by atoms with Crippen LogP contribution in [-0.4, -0.2) is 24.3 Å². The Morgan fingerprint density at radius 1 is 1.56 bits per heavy atom. The first-order chi connectivity index (χ1) is 7.85. The van der Waals surface area contributed by atoms with E-state index in [2.05, 4.69) is 22.8 Å². The summed E-state index contributed by atoms with van der Waals surface area (Å²) in [6, 6.07) is 4.86. The maximum atomic E-state index is 9.28. The normalized spacial score (nSPS) is 27.1. The van der Waals surface area contributed by atoms with Crippen LogP contribution in [-0.2, 0) is 0 Å². The standard InChI is InChI=1S/C12H20N2OS/c13-7-11(12-5-2-6-16-12)14-10-4-1-3-9(10)8-15/h2,5-6,9-11,14-15H,1,3-4,7-8,13H2. The van der Waals surface area contributed by atoms with E-state index in [-0.39, 0.29) is 6.04 Å². The molecule has 0 aromatic carbocycles. The van der Waals surface area contributed by atoms with Crippen LogP contribution in [0.3, 0.4) is 0 Å². The third kappa shape index (κ3) is 2.63. The van der Waals surface area contributed by atoms with Crippen LogP contribution in [0.5, 0.6) is 0 Å². The Kier molecular flexibility index (Phi) is 4.35. The number of aliphatic hydroxyl groups is 1. The molecule has 0 aliphatic heterocycles. The van der Waals surface area contributed by atoms with Crippen LogP contribution in [0.1, 0.15) is 30.2 Å². The van der Waals surface area contributed by atoms with Crippen molar-refractivity contribution in [1.82, 2.24) is 5.32 Å². The van der Waals surface area contributed by atoms with Crippen molar-refractivity contribution in [3.63, 3.8) is 0 Å². The lowest BCUT2D eigenvalue weighted by molar-refractivity contribution is 0.200. The Balaban J connectivity index is 1.96. The molecule has 4 N–H and O–H groups in total. The van der Waals surface area contributed by atoms with Crippen molar-refractivity contribution in [1.29, 1.82) is 0 Å². The second-order valence-corrected chi connectivity index (χ2v) is 5.43. The van der Waals surface area contributed by atoms with Gasteiger partial charge in [0, 0.05) is 24.1 Å². The highest BCUT2D eigenvalue weighted by atomic mass is 32.1. The van der Waals surface area contributed by atoms with E-state index >= 15 is 0 Å². The number of aliphatic hydroxyl groups excluding tert-OH is 1. The van der Waals surface area contributed by atoms with Gasteiger partial charge in [-0.1, -0.05) is 12.5 Å². The van der Waals surface area contributed by atoms with Crippen LogP contribution in [0, 0.1) is 5.92 Å². The smallest absolute Gasteiger partial charge is 0.0541 e. The Morgan fingerprint density at radius 2 is 2.44 bits per heavy atom. The molecule has 0 bridgehead atoms. The zero-order chi connectivity index (χ0) is 11.4. The van der Waals surface area contributed by atoms with E-state index in [0.29, 0.717) is 25.1 Å². The van der Waals surface area contributed by atoms with Gasteiger partial charge in [0.15, 0.2) is 0 Å². The highest BCUT2D eigenvalue weighted by Gasteiger charge is 2.28. The Bertz CT molecular complexity index is 302. The Hall–Kier alpha value is -0.420. The van der Waals surface area contributed by atoms with Gasteiger partial charge in [0.05, 0.1) is 6.04 Å². The molecular formula is C12H20N2OS. The minimum atomic E-state index is 0.247. The zero-order valence-corrected chi connectivity index (χ0v) is 10.2. The van der Waals surface area contributed by atoms with Gasteiger partial charge in [-0.3, -0.25) is 0 Å². The van der Waals surface area contributed by atoms with Crippen molar-refractivity contribution in [3.05, 3.63) is 22.4 Å². The summed E-state index contributed by atoms with van der Waals surface area (Å²) in [5, 5.41) is 15.0. The highest BCUT2D eigenvalue weighted by molar-refractivity contribution is 7.10. The summed E-state index contributed by atoms with van der Waals surface area (Å²) in [5.41, 5.74) is 5.81. The van der Waals surface area contributed by atoms with Crippen LogP contribution >= 0.6 is 11.3 Å². The molecule has 1 aliphatic rings. The molecule has 3 nitrogen and oxygen atoms in total. The second kappa shape index (κ2) is 5.77. The van der Waals surface area contributed by atoms with E-state index in [1.165, 1.54) is 11.3 Å². The summed E-state index contributed by atoms with van der Waals surface area (Å²) in [6.07, 6.45) is 3.51. The van der Waals surface area contributed by atoms with Gasteiger partial charge < -0.3 is 16.2 Å². The average molecular weight is 240 g/mol. The van der Waals surface area contributed by atoms with Gasteiger partial charge in [0.25, 0.3) is 0 Å². The molecule has 0 radical (unpaired) electrons. The van der Waals surface area contributed by atoms with Crippen molar-refractivity contribution in [3.8, 4) is 0 Å². The monoisotopic (exact) mass is 240 g/mol. The number of rotatable bonds is 5. The molecule has 16 heavy (non-hydrogen) atoms. The third-order valence-corrected chi connectivity index (χ3v) is 4.42. The largest absolute Gasteiger partial charge is 0.396 e. The predicted molar refractivity (Wildman–Crippen MR) is 67.5 cm³/mol. The lowest BCUT2D eigenvalue weighted by atomic mass is 10.0. The molecule has 4 heteroatoms. The highest BCUT2D eigenvalue weighted by Crippen LogP contribution is 2.28. The SMILES string of the molecule is NCC(NC1CCCC1CO)c1cccs1. The quantitative estimate of drug-likeness (QED) is 0.731. The summed E-state index contributed by atoms with van der Waals surface area (Å²) in [5.74, 6) is 0.411. The first-order valence-corrected chi connectivity index (χ1v) is 6.83. The summed E-state index contributed by atoms with van der Waals surface area (Å²) in [6.45, 7) is 0.911. The van der Waals surface area contributed by atoms with Gasteiger partial charge in [-0.2, -0.15) is 0 Å². The van der Waals surface area contributed by atoms with Crippen LogP contribution in [0.15, 0.2) is 17.5 Å². The number of hydrogen-bond donors (Lipinski definition) is 3. The van der Waals surface area contributed by atoms with E-state index in [1.807, 2.05) is 0 Å². The minimum Gasteiger partial charge on any atom is -0.396 e. The molecule has 1 aromatic heterocycles. The maximum Gasteiger partial charge on any atom is 0.0541 e. The molecule has 1 aliphatic carbocycles. The van der Waals surface area contributed by atoms with Crippen molar-refractivity contribution in [2.24, 2.45) is 11.7 Å². The Morgan fingerprint density at radius 3 is 3.06 bits per heavy atom. The lowest BCUT2D eigenvalue weighted by Gasteiger charge is -2.24. The molecule has 1 fully saturated rings. The van der Waals surface area contributed by atoms with E-state index < -0.39 is 0 Å². The first kappa shape index (κ1) is 12.0. The van der Waals surface area contributed by atoms with Gasteiger partial charge in [0.2, 0.25) is 0 Å². The lowest BCUT2D eigenvalue weighted by Crippen LogP contribution is -2.39. The van der Waals surface area contributed by atoms with Crippen molar-refractivity contribution in [2.75, 3.05) is 13.2 Å². The summed E-state index contributed by atoms with van der Waals surface area (Å²) in [4.78, 5) is 1.30. The molecule has 1 heterocycles. The van der Waals surface area contributed by atoms with Crippen LogP contribution in [0.25, 0.3) is 0 Å². The van der Waals surface area contributed by atoms with Gasteiger partial charge >= 0.3 is 0 Å². The fourth-order valence-electron chi connectivity index (χ4n) is 2.49. The molecule has 90 valence electrons. The number of nitrogens with two attached hydrogens (primary N) is 1. The molecule has 0 saturated heterocycles.